The summed E-state index contributed by atoms with van der Waals surface area (Å²) in [7, 11) is 3.09. The van der Waals surface area contributed by atoms with Crippen LogP contribution in [0.3, 0.4) is 0 Å². The highest BCUT2D eigenvalue weighted by molar-refractivity contribution is 14.0. The van der Waals surface area contributed by atoms with Gasteiger partial charge in [0.05, 0.1) is 13.7 Å². The van der Waals surface area contributed by atoms with Gasteiger partial charge in [0.15, 0.2) is 5.96 Å². The van der Waals surface area contributed by atoms with Crippen molar-refractivity contribution < 1.29 is 23.0 Å². The molecule has 32 heavy (non-hydrogen) atoms. The van der Waals surface area contributed by atoms with E-state index >= 15 is 0 Å². The van der Waals surface area contributed by atoms with Crippen LogP contribution in [0.15, 0.2) is 47.5 Å². The third kappa shape index (κ3) is 8.85. The molecular formula is C22H29F2IN4O3. The molecule has 0 unspecified atom stereocenters. The van der Waals surface area contributed by atoms with Crippen LogP contribution in [0, 0.1) is 0 Å². The number of ether oxygens (including phenoxy) is 2. The number of rotatable bonds is 10. The van der Waals surface area contributed by atoms with Crippen molar-refractivity contribution in [1.29, 1.82) is 0 Å². The molecule has 0 heterocycles. The highest BCUT2D eigenvalue weighted by Crippen LogP contribution is 2.26. The zero-order valence-corrected chi connectivity index (χ0v) is 20.6. The lowest BCUT2D eigenvalue weighted by Gasteiger charge is -2.14. The summed E-state index contributed by atoms with van der Waals surface area (Å²) in [6.45, 7) is 0.340. The summed E-state index contributed by atoms with van der Waals surface area (Å²) in [5.41, 5.74) is 2.09. The number of hydrogen-bond acceptors (Lipinski definition) is 4. The second-order valence-electron chi connectivity index (χ2n) is 6.50. The van der Waals surface area contributed by atoms with E-state index in [1.54, 1.807) is 25.2 Å². The molecular weight excluding hydrogens is 533 g/mol. The molecule has 0 saturated heterocycles. The van der Waals surface area contributed by atoms with Gasteiger partial charge in [-0.25, -0.2) is 4.99 Å². The minimum atomic E-state index is -2.92. The maximum Gasteiger partial charge on any atom is 0.387 e. The summed E-state index contributed by atoms with van der Waals surface area (Å²) in [6, 6.07) is 12.0. The van der Waals surface area contributed by atoms with Gasteiger partial charge in [-0.3, -0.25) is 4.79 Å². The molecule has 176 valence electrons. The fourth-order valence-corrected chi connectivity index (χ4v) is 2.86. The lowest BCUT2D eigenvalue weighted by molar-refractivity contribution is -0.0504. The van der Waals surface area contributed by atoms with Crippen molar-refractivity contribution in [3.8, 4) is 11.5 Å². The van der Waals surface area contributed by atoms with E-state index in [1.165, 1.54) is 13.2 Å². The van der Waals surface area contributed by atoms with Crippen molar-refractivity contribution in [3.05, 3.63) is 59.2 Å². The first-order valence-electron chi connectivity index (χ1n) is 9.91. The van der Waals surface area contributed by atoms with Gasteiger partial charge in [-0.15, -0.1) is 24.0 Å². The number of halogens is 3. The van der Waals surface area contributed by atoms with Gasteiger partial charge in [-0.2, -0.15) is 8.78 Å². The Morgan fingerprint density at radius 2 is 1.94 bits per heavy atom. The van der Waals surface area contributed by atoms with Crippen LogP contribution >= 0.6 is 24.0 Å². The number of hydrogen-bond donors (Lipinski definition) is 3. The number of carbonyl (C=O) groups is 1. The quantitative estimate of drug-likeness (QED) is 0.235. The number of alkyl halides is 2. The Balaban J connectivity index is 0.00000512. The maximum atomic E-state index is 12.7. The molecule has 0 spiro atoms. The van der Waals surface area contributed by atoms with E-state index in [0.717, 1.165) is 5.56 Å². The van der Waals surface area contributed by atoms with Gasteiger partial charge in [-0.1, -0.05) is 12.1 Å². The molecule has 2 aromatic carbocycles. The first kappa shape index (κ1) is 27.4. The number of guanidine groups is 1. The van der Waals surface area contributed by atoms with Crippen LogP contribution in [0.1, 0.15) is 28.4 Å². The highest BCUT2D eigenvalue weighted by atomic mass is 127. The molecule has 0 atom stereocenters. The molecule has 0 radical (unpaired) electrons. The number of aliphatic imine (C=N–C) groups is 1. The molecule has 0 saturated carbocycles. The zero-order valence-electron chi connectivity index (χ0n) is 18.3. The standard InChI is InChI=1S/C22H28F2N4O3.HI/c1-4-26-22(27-11-10-15-6-5-7-16(12-15)20(29)25-2)28-14-17-13-18(30-3)8-9-19(17)31-21(23)24;/h5-9,12-13,21H,4,10-11,14H2,1-3H3,(H,25,29)(H2,26,27,28);1H. The number of amides is 1. The lowest BCUT2D eigenvalue weighted by atomic mass is 10.1. The minimum absolute atomic E-state index is 0. The van der Waals surface area contributed by atoms with Crippen molar-refractivity contribution in [1.82, 2.24) is 16.0 Å². The average Bonchev–Trinajstić information content (AvgIpc) is 2.77. The van der Waals surface area contributed by atoms with Gasteiger partial charge in [-0.05, 0) is 49.2 Å². The normalized spacial score (nSPS) is 10.9. The second-order valence-corrected chi connectivity index (χ2v) is 6.50. The van der Waals surface area contributed by atoms with Gasteiger partial charge < -0.3 is 25.4 Å². The van der Waals surface area contributed by atoms with E-state index < -0.39 is 6.61 Å². The van der Waals surface area contributed by atoms with Gasteiger partial charge in [0.1, 0.15) is 11.5 Å². The molecule has 0 aromatic heterocycles. The van der Waals surface area contributed by atoms with Crippen molar-refractivity contribution in [2.24, 2.45) is 4.99 Å². The van der Waals surface area contributed by atoms with Crippen molar-refractivity contribution >= 4 is 35.8 Å². The van der Waals surface area contributed by atoms with Crippen LogP contribution < -0.4 is 25.4 Å². The largest absolute Gasteiger partial charge is 0.497 e. The van der Waals surface area contributed by atoms with Crippen LogP contribution in [0.4, 0.5) is 8.78 Å². The first-order valence-corrected chi connectivity index (χ1v) is 9.91. The Morgan fingerprint density at radius 3 is 2.59 bits per heavy atom. The van der Waals surface area contributed by atoms with E-state index in [4.69, 9.17) is 4.74 Å². The Hall–Kier alpha value is -2.63. The van der Waals surface area contributed by atoms with E-state index in [1.807, 2.05) is 25.1 Å². The Labute approximate surface area is 204 Å². The Kier molecular flexibility index (Phi) is 12.4. The summed E-state index contributed by atoms with van der Waals surface area (Å²) in [5.74, 6) is 0.989. The third-order valence-corrected chi connectivity index (χ3v) is 4.36. The molecule has 1 amide bonds. The zero-order chi connectivity index (χ0) is 22.6. The van der Waals surface area contributed by atoms with Gasteiger partial charge >= 0.3 is 6.61 Å². The Morgan fingerprint density at radius 1 is 1.16 bits per heavy atom. The number of methoxy groups -OCH3 is 1. The monoisotopic (exact) mass is 562 g/mol. The van der Waals surface area contributed by atoms with Crippen LogP contribution in [0.2, 0.25) is 0 Å². The molecule has 2 aromatic rings. The molecule has 2 rings (SSSR count). The van der Waals surface area contributed by atoms with Crippen molar-refractivity contribution in [2.45, 2.75) is 26.5 Å². The van der Waals surface area contributed by atoms with Crippen LogP contribution in [0.25, 0.3) is 0 Å². The molecule has 0 aliphatic rings. The summed E-state index contributed by atoms with van der Waals surface area (Å²) < 4.78 is 35.1. The smallest absolute Gasteiger partial charge is 0.387 e. The van der Waals surface area contributed by atoms with E-state index in [0.29, 0.717) is 42.3 Å². The predicted molar refractivity (Wildman–Crippen MR) is 131 cm³/mol. The number of nitrogens with one attached hydrogen (secondary N) is 3. The van der Waals surface area contributed by atoms with E-state index in [-0.39, 0.29) is 42.2 Å². The topological polar surface area (TPSA) is 84.0 Å². The molecule has 10 heteroatoms. The predicted octanol–water partition coefficient (Wildman–Crippen LogP) is 3.57. The lowest BCUT2D eigenvalue weighted by Crippen LogP contribution is -2.38. The van der Waals surface area contributed by atoms with Crippen molar-refractivity contribution in [2.75, 3.05) is 27.2 Å². The number of nitrogens with zero attached hydrogens (tertiary/aromatic N) is 1. The fourth-order valence-electron chi connectivity index (χ4n) is 2.86. The van der Waals surface area contributed by atoms with Crippen LogP contribution in [-0.2, 0) is 13.0 Å². The van der Waals surface area contributed by atoms with Crippen LogP contribution in [-0.4, -0.2) is 45.7 Å². The van der Waals surface area contributed by atoms with Crippen LogP contribution in [0.5, 0.6) is 11.5 Å². The van der Waals surface area contributed by atoms with Crippen molar-refractivity contribution in [3.63, 3.8) is 0 Å². The molecule has 0 aliphatic carbocycles. The highest BCUT2D eigenvalue weighted by Gasteiger charge is 2.11. The first-order chi connectivity index (χ1) is 15.0. The summed E-state index contributed by atoms with van der Waals surface area (Å²) >= 11 is 0. The fraction of sp³-hybridized carbons (Fsp3) is 0.364. The number of carbonyl (C=O) groups excluding carboxylic acids is 1. The van der Waals surface area contributed by atoms with E-state index in [9.17, 15) is 13.6 Å². The summed E-state index contributed by atoms with van der Waals surface area (Å²) in [4.78, 5) is 16.2. The Bertz CT molecular complexity index is 897. The minimum Gasteiger partial charge on any atom is -0.497 e. The second kappa shape index (κ2) is 14.4. The third-order valence-electron chi connectivity index (χ3n) is 4.36. The number of benzene rings is 2. The maximum absolute atomic E-state index is 12.7. The van der Waals surface area contributed by atoms with Gasteiger partial charge in [0.25, 0.3) is 5.91 Å². The summed E-state index contributed by atoms with van der Waals surface area (Å²) in [6.07, 6.45) is 0.675. The molecule has 7 nitrogen and oxygen atoms in total. The SMILES string of the molecule is CCNC(=NCc1cc(OC)ccc1OC(F)F)NCCc1cccc(C(=O)NC)c1.I. The molecule has 0 bridgehead atoms. The molecule has 0 aliphatic heterocycles. The molecule has 0 fully saturated rings. The average molecular weight is 562 g/mol. The van der Waals surface area contributed by atoms with E-state index in [2.05, 4.69) is 25.7 Å². The summed E-state index contributed by atoms with van der Waals surface area (Å²) in [5, 5.41) is 8.94. The van der Waals surface area contributed by atoms with Gasteiger partial charge in [0.2, 0.25) is 0 Å². The molecule has 3 N–H and O–H groups in total. The van der Waals surface area contributed by atoms with Gasteiger partial charge in [0, 0.05) is 31.3 Å².